The number of rotatable bonds is 2. The summed E-state index contributed by atoms with van der Waals surface area (Å²) >= 11 is 0. The molecule has 0 bridgehead atoms. The van der Waals surface area contributed by atoms with E-state index in [-0.39, 0.29) is 0 Å². The second-order valence-electron chi connectivity index (χ2n) is 6.08. The standard InChI is InChI=1S/C16H23N/c1-14-8-11-17(16(12-14)9-5-10-16)13-15-6-3-2-4-7-15/h2-4,6-7,14H,5,8-13H2,1H3/t14-/m0/s1. The maximum absolute atomic E-state index is 2.77. The van der Waals surface area contributed by atoms with E-state index >= 15 is 0 Å². The third-order valence-electron chi connectivity index (χ3n) is 4.79. The van der Waals surface area contributed by atoms with Gasteiger partial charge >= 0.3 is 0 Å². The van der Waals surface area contributed by atoms with Gasteiger partial charge in [-0.05, 0) is 50.1 Å². The molecule has 2 fully saturated rings. The SMILES string of the molecule is C[C@H]1CCN(Cc2ccccc2)C2(CCC2)C1. The Labute approximate surface area is 105 Å². The molecule has 2 aliphatic rings. The van der Waals surface area contributed by atoms with Gasteiger partial charge in [-0.1, -0.05) is 37.3 Å². The maximum atomic E-state index is 2.77. The molecule has 1 aromatic carbocycles. The van der Waals surface area contributed by atoms with E-state index in [4.69, 9.17) is 0 Å². The maximum Gasteiger partial charge on any atom is 0.0239 e. The van der Waals surface area contributed by atoms with E-state index < -0.39 is 0 Å². The fourth-order valence-electron chi connectivity index (χ4n) is 3.65. The van der Waals surface area contributed by atoms with Gasteiger partial charge in [0.15, 0.2) is 0 Å². The van der Waals surface area contributed by atoms with Crippen molar-refractivity contribution >= 4 is 0 Å². The van der Waals surface area contributed by atoms with E-state index in [1.807, 2.05) is 0 Å². The van der Waals surface area contributed by atoms with Crippen molar-refractivity contribution in [2.45, 2.75) is 51.1 Å². The average Bonchev–Trinajstić information content (AvgIpc) is 2.31. The molecular formula is C16H23N. The van der Waals surface area contributed by atoms with Crippen LogP contribution < -0.4 is 0 Å². The zero-order chi connectivity index (χ0) is 11.7. The van der Waals surface area contributed by atoms with Crippen molar-refractivity contribution in [3.05, 3.63) is 35.9 Å². The van der Waals surface area contributed by atoms with Crippen molar-refractivity contribution < 1.29 is 0 Å². The average molecular weight is 229 g/mol. The first-order chi connectivity index (χ1) is 8.28. The summed E-state index contributed by atoms with van der Waals surface area (Å²) in [6.45, 7) is 4.89. The summed E-state index contributed by atoms with van der Waals surface area (Å²) in [6, 6.07) is 11.0. The summed E-state index contributed by atoms with van der Waals surface area (Å²) in [7, 11) is 0. The molecule has 1 atom stereocenters. The molecule has 92 valence electrons. The van der Waals surface area contributed by atoms with Gasteiger partial charge in [0, 0.05) is 12.1 Å². The summed E-state index contributed by atoms with van der Waals surface area (Å²) in [5.41, 5.74) is 2.06. The van der Waals surface area contributed by atoms with Gasteiger partial charge in [0.05, 0.1) is 0 Å². The summed E-state index contributed by atoms with van der Waals surface area (Å²) in [6.07, 6.45) is 7.13. The number of piperidine rings is 1. The highest BCUT2D eigenvalue weighted by molar-refractivity contribution is 5.16. The van der Waals surface area contributed by atoms with Gasteiger partial charge in [-0.15, -0.1) is 0 Å². The summed E-state index contributed by atoms with van der Waals surface area (Å²) in [4.78, 5) is 2.77. The van der Waals surface area contributed by atoms with Crippen molar-refractivity contribution in [3.8, 4) is 0 Å². The molecule has 1 heteroatoms. The predicted octanol–water partition coefficient (Wildman–Crippen LogP) is 3.84. The van der Waals surface area contributed by atoms with Crippen LogP contribution >= 0.6 is 0 Å². The van der Waals surface area contributed by atoms with Gasteiger partial charge < -0.3 is 0 Å². The highest BCUT2D eigenvalue weighted by Crippen LogP contribution is 2.46. The Morgan fingerprint density at radius 2 is 2.00 bits per heavy atom. The first kappa shape index (κ1) is 11.3. The lowest BCUT2D eigenvalue weighted by atomic mass is 9.67. The molecule has 1 nitrogen and oxygen atoms in total. The van der Waals surface area contributed by atoms with Crippen molar-refractivity contribution in [3.63, 3.8) is 0 Å². The number of hydrogen-bond acceptors (Lipinski definition) is 1. The molecular weight excluding hydrogens is 206 g/mol. The molecule has 1 saturated carbocycles. The molecule has 0 N–H and O–H groups in total. The number of benzene rings is 1. The van der Waals surface area contributed by atoms with E-state index in [0.29, 0.717) is 5.54 Å². The quantitative estimate of drug-likeness (QED) is 0.744. The third-order valence-corrected chi connectivity index (χ3v) is 4.79. The molecule has 1 aliphatic carbocycles. The lowest BCUT2D eigenvalue weighted by Gasteiger charge is -2.55. The molecule has 1 heterocycles. The van der Waals surface area contributed by atoms with Crippen molar-refractivity contribution in [1.29, 1.82) is 0 Å². The monoisotopic (exact) mass is 229 g/mol. The lowest BCUT2D eigenvalue weighted by Crippen LogP contribution is -2.57. The molecule has 17 heavy (non-hydrogen) atoms. The molecule has 0 unspecified atom stereocenters. The third kappa shape index (κ3) is 2.13. The second-order valence-corrected chi connectivity index (χ2v) is 6.08. The molecule has 0 amide bonds. The number of nitrogens with zero attached hydrogens (tertiary/aromatic N) is 1. The Bertz CT molecular complexity index is 366. The van der Waals surface area contributed by atoms with Crippen LogP contribution in [-0.2, 0) is 6.54 Å². The Kier molecular flexibility index (Phi) is 2.96. The van der Waals surface area contributed by atoms with Crippen LogP contribution in [0.5, 0.6) is 0 Å². The van der Waals surface area contributed by atoms with Crippen LogP contribution in [0.1, 0.15) is 44.6 Å². The fraction of sp³-hybridized carbons (Fsp3) is 0.625. The van der Waals surface area contributed by atoms with Crippen molar-refractivity contribution in [1.82, 2.24) is 4.90 Å². The molecule has 1 spiro atoms. The van der Waals surface area contributed by atoms with Gasteiger partial charge in [-0.3, -0.25) is 4.90 Å². The zero-order valence-corrected chi connectivity index (χ0v) is 10.9. The summed E-state index contributed by atoms with van der Waals surface area (Å²) in [5, 5.41) is 0. The van der Waals surface area contributed by atoms with Crippen LogP contribution in [0.3, 0.4) is 0 Å². The number of hydrogen-bond donors (Lipinski definition) is 0. The van der Waals surface area contributed by atoms with Crippen molar-refractivity contribution in [2.24, 2.45) is 5.92 Å². The number of likely N-dealkylation sites (tertiary alicyclic amines) is 1. The second kappa shape index (κ2) is 4.45. The van der Waals surface area contributed by atoms with E-state index in [1.165, 1.54) is 44.2 Å². The highest BCUT2D eigenvalue weighted by atomic mass is 15.2. The minimum Gasteiger partial charge on any atom is -0.293 e. The Hall–Kier alpha value is -0.820. The summed E-state index contributed by atoms with van der Waals surface area (Å²) < 4.78 is 0. The minimum atomic E-state index is 0.577. The lowest BCUT2D eigenvalue weighted by molar-refractivity contribution is -0.0404. The smallest absolute Gasteiger partial charge is 0.0239 e. The van der Waals surface area contributed by atoms with Crippen LogP contribution in [0.25, 0.3) is 0 Å². The minimum absolute atomic E-state index is 0.577. The van der Waals surface area contributed by atoms with Gasteiger partial charge in [-0.2, -0.15) is 0 Å². The van der Waals surface area contributed by atoms with E-state index in [0.717, 1.165) is 12.5 Å². The van der Waals surface area contributed by atoms with Crippen LogP contribution in [0.15, 0.2) is 30.3 Å². The summed E-state index contributed by atoms with van der Waals surface area (Å²) in [5.74, 6) is 0.933. The topological polar surface area (TPSA) is 3.24 Å². The molecule has 0 radical (unpaired) electrons. The Morgan fingerprint density at radius 1 is 1.24 bits per heavy atom. The van der Waals surface area contributed by atoms with E-state index in [2.05, 4.69) is 42.2 Å². The van der Waals surface area contributed by atoms with Gasteiger partial charge in [-0.25, -0.2) is 0 Å². The zero-order valence-electron chi connectivity index (χ0n) is 10.9. The molecule has 0 aromatic heterocycles. The predicted molar refractivity (Wildman–Crippen MR) is 71.8 cm³/mol. The van der Waals surface area contributed by atoms with Crippen molar-refractivity contribution in [2.75, 3.05) is 6.54 Å². The molecule has 1 aliphatic heterocycles. The molecule has 3 rings (SSSR count). The molecule has 1 aromatic rings. The van der Waals surface area contributed by atoms with E-state index in [1.54, 1.807) is 0 Å². The van der Waals surface area contributed by atoms with Crippen LogP contribution in [0.2, 0.25) is 0 Å². The van der Waals surface area contributed by atoms with Gasteiger partial charge in [0.1, 0.15) is 0 Å². The Balaban J connectivity index is 1.73. The Morgan fingerprint density at radius 3 is 2.65 bits per heavy atom. The van der Waals surface area contributed by atoms with Crippen LogP contribution in [0, 0.1) is 5.92 Å². The fourth-order valence-corrected chi connectivity index (χ4v) is 3.65. The van der Waals surface area contributed by atoms with E-state index in [9.17, 15) is 0 Å². The largest absolute Gasteiger partial charge is 0.293 e. The van der Waals surface area contributed by atoms with Crippen LogP contribution in [0.4, 0.5) is 0 Å². The normalized spacial score (nSPS) is 27.9. The first-order valence-electron chi connectivity index (χ1n) is 7.07. The molecule has 1 saturated heterocycles. The first-order valence-corrected chi connectivity index (χ1v) is 7.07. The highest BCUT2D eigenvalue weighted by Gasteiger charge is 2.45. The van der Waals surface area contributed by atoms with Gasteiger partial charge in [0.25, 0.3) is 0 Å². The van der Waals surface area contributed by atoms with Gasteiger partial charge in [0.2, 0.25) is 0 Å². The van der Waals surface area contributed by atoms with Crippen LogP contribution in [-0.4, -0.2) is 17.0 Å².